The smallest absolute Gasteiger partial charge is 0.362 e. The number of para-hydroxylation sites is 1. The van der Waals surface area contributed by atoms with E-state index >= 15 is 0 Å². The van der Waals surface area contributed by atoms with Crippen molar-refractivity contribution in [2.24, 2.45) is 0 Å². The third-order valence-corrected chi connectivity index (χ3v) is 6.02. The largest absolute Gasteiger partial charge is 0.416 e. The van der Waals surface area contributed by atoms with Crippen LogP contribution in [0.1, 0.15) is 36.8 Å². The van der Waals surface area contributed by atoms with E-state index < -0.39 is 17.6 Å². The molecule has 1 aliphatic carbocycles. The predicted molar refractivity (Wildman–Crippen MR) is 122 cm³/mol. The zero-order valence-corrected chi connectivity index (χ0v) is 18.6. The molecule has 1 saturated carbocycles. The average Bonchev–Trinajstić information content (AvgIpc) is 2.77. The minimum Gasteiger partial charge on any atom is -0.362 e. The molecule has 0 amide bonds. The summed E-state index contributed by atoms with van der Waals surface area (Å²) in [6, 6.07) is 10.7. The van der Waals surface area contributed by atoms with Gasteiger partial charge in [0.25, 0.3) is 0 Å². The van der Waals surface area contributed by atoms with Gasteiger partial charge in [0, 0.05) is 38.1 Å². The van der Waals surface area contributed by atoms with Gasteiger partial charge in [0.05, 0.1) is 11.1 Å². The number of rotatable bonds is 6. The van der Waals surface area contributed by atoms with Gasteiger partial charge in [0.15, 0.2) is 0 Å². The van der Waals surface area contributed by atoms with Crippen LogP contribution in [0, 0.1) is 5.82 Å². The molecule has 2 aromatic carbocycles. The second-order valence-corrected chi connectivity index (χ2v) is 8.66. The Labute approximate surface area is 190 Å². The maximum absolute atomic E-state index is 13.5. The van der Waals surface area contributed by atoms with Crippen LogP contribution in [0.15, 0.2) is 42.5 Å². The van der Waals surface area contributed by atoms with Crippen LogP contribution in [0.25, 0.3) is 10.9 Å². The fourth-order valence-corrected chi connectivity index (χ4v) is 4.33. The number of benzene rings is 2. The first-order valence-corrected chi connectivity index (χ1v) is 11.0. The van der Waals surface area contributed by atoms with Crippen LogP contribution in [0.4, 0.5) is 29.3 Å². The third kappa shape index (κ3) is 5.52. The lowest BCUT2D eigenvalue weighted by molar-refractivity contribution is -0.138. The van der Waals surface area contributed by atoms with Crippen LogP contribution in [0.2, 0.25) is 0 Å². The molecule has 1 heterocycles. The molecule has 0 atom stereocenters. The van der Waals surface area contributed by atoms with Crippen LogP contribution < -0.4 is 15.5 Å². The highest BCUT2D eigenvalue weighted by Crippen LogP contribution is 2.33. The number of aromatic nitrogens is 2. The molecule has 33 heavy (non-hydrogen) atoms. The quantitative estimate of drug-likeness (QED) is 0.484. The maximum Gasteiger partial charge on any atom is 0.416 e. The van der Waals surface area contributed by atoms with Crippen molar-refractivity contribution in [1.29, 1.82) is 0 Å². The number of alkyl halides is 3. The maximum atomic E-state index is 13.5. The molecular weight excluding hydrogens is 434 g/mol. The Morgan fingerprint density at radius 1 is 0.970 bits per heavy atom. The summed E-state index contributed by atoms with van der Waals surface area (Å²) in [5.41, 5.74) is 0.00467. The van der Waals surface area contributed by atoms with Gasteiger partial charge in [0.1, 0.15) is 11.6 Å². The Morgan fingerprint density at radius 3 is 2.36 bits per heavy atom. The second kappa shape index (κ2) is 9.51. The van der Waals surface area contributed by atoms with Crippen molar-refractivity contribution in [3.05, 3.63) is 59.4 Å². The number of anilines is 2. The molecule has 1 aromatic heterocycles. The van der Waals surface area contributed by atoms with Crippen molar-refractivity contribution in [2.75, 3.05) is 24.3 Å². The van der Waals surface area contributed by atoms with E-state index in [9.17, 15) is 17.6 Å². The highest BCUT2D eigenvalue weighted by atomic mass is 19.4. The first-order valence-electron chi connectivity index (χ1n) is 11.0. The molecule has 9 heteroatoms. The number of hydrogen-bond donors (Lipinski definition) is 2. The number of fused-ring (bicyclic) bond motifs is 1. The van der Waals surface area contributed by atoms with Gasteiger partial charge in [-0.1, -0.05) is 12.1 Å². The van der Waals surface area contributed by atoms with Gasteiger partial charge in [-0.25, -0.2) is 9.37 Å². The van der Waals surface area contributed by atoms with Crippen molar-refractivity contribution in [1.82, 2.24) is 15.3 Å². The second-order valence-electron chi connectivity index (χ2n) is 8.66. The van der Waals surface area contributed by atoms with Crippen molar-refractivity contribution >= 4 is 22.7 Å². The molecule has 0 unspecified atom stereocenters. The molecule has 3 aromatic rings. The zero-order valence-electron chi connectivity index (χ0n) is 18.6. The average molecular weight is 462 g/mol. The standard InChI is InChI=1S/C24H27F4N5/c1-33(2)22-19-5-3-4-6-21(19)31-23(32-22)30-18-10-8-17(9-11-18)29-14-15-13-16(25)7-12-20(15)24(26,27)28/h3-7,12-13,17-18,29H,8-11,14H2,1-2H3,(H,30,31,32). The molecule has 0 saturated heterocycles. The SMILES string of the molecule is CN(C)c1nc(NC2CCC(NCc3cc(F)ccc3C(F)(F)F)CC2)nc2ccccc12. The van der Waals surface area contributed by atoms with Crippen LogP contribution in [0.5, 0.6) is 0 Å². The summed E-state index contributed by atoms with van der Waals surface area (Å²) < 4.78 is 53.1. The minimum absolute atomic E-state index is 0.0185. The number of hydrogen-bond acceptors (Lipinski definition) is 5. The Balaban J connectivity index is 1.36. The summed E-state index contributed by atoms with van der Waals surface area (Å²) in [7, 11) is 3.89. The van der Waals surface area contributed by atoms with Crippen LogP contribution in [-0.2, 0) is 12.7 Å². The van der Waals surface area contributed by atoms with Crippen LogP contribution in [-0.4, -0.2) is 36.1 Å². The van der Waals surface area contributed by atoms with Crippen molar-refractivity contribution in [2.45, 2.75) is 50.5 Å². The van der Waals surface area contributed by atoms with Gasteiger partial charge >= 0.3 is 6.18 Å². The topological polar surface area (TPSA) is 53.1 Å². The van der Waals surface area contributed by atoms with Crippen molar-refractivity contribution in [3.8, 4) is 0 Å². The third-order valence-electron chi connectivity index (χ3n) is 6.02. The molecule has 4 rings (SSSR count). The van der Waals surface area contributed by atoms with Crippen LogP contribution in [0.3, 0.4) is 0 Å². The number of halogens is 4. The van der Waals surface area contributed by atoms with Gasteiger partial charge in [-0.2, -0.15) is 18.2 Å². The van der Waals surface area contributed by atoms with Crippen molar-refractivity contribution < 1.29 is 17.6 Å². The van der Waals surface area contributed by atoms with E-state index in [1.54, 1.807) is 0 Å². The Morgan fingerprint density at radius 2 is 1.67 bits per heavy atom. The van der Waals surface area contributed by atoms with E-state index in [1.165, 1.54) is 0 Å². The van der Waals surface area contributed by atoms with Gasteiger partial charge in [-0.3, -0.25) is 0 Å². The molecule has 0 bridgehead atoms. The fourth-order valence-electron chi connectivity index (χ4n) is 4.33. The molecule has 2 N–H and O–H groups in total. The Hall–Kier alpha value is -2.94. The fraction of sp³-hybridized carbons (Fsp3) is 0.417. The van der Waals surface area contributed by atoms with E-state index in [0.717, 1.165) is 60.6 Å². The van der Waals surface area contributed by atoms with Crippen LogP contribution >= 0.6 is 0 Å². The summed E-state index contributed by atoms with van der Waals surface area (Å²) in [6.07, 6.45) is -1.25. The normalized spacial score (nSPS) is 19.0. The van der Waals surface area contributed by atoms with E-state index in [4.69, 9.17) is 0 Å². The Bertz CT molecular complexity index is 1110. The predicted octanol–water partition coefficient (Wildman–Crippen LogP) is 5.37. The number of nitrogens with zero attached hydrogens (tertiary/aromatic N) is 3. The minimum atomic E-state index is -4.50. The lowest BCUT2D eigenvalue weighted by Crippen LogP contribution is -2.37. The molecule has 0 spiro atoms. The molecule has 1 aliphatic rings. The highest BCUT2D eigenvalue weighted by Gasteiger charge is 2.33. The summed E-state index contributed by atoms with van der Waals surface area (Å²) in [4.78, 5) is 11.3. The van der Waals surface area contributed by atoms with E-state index in [2.05, 4.69) is 20.6 Å². The first kappa shape index (κ1) is 23.2. The lowest BCUT2D eigenvalue weighted by atomic mass is 9.91. The van der Waals surface area contributed by atoms with E-state index in [-0.39, 0.29) is 24.2 Å². The zero-order chi connectivity index (χ0) is 23.6. The molecular formula is C24H27F4N5. The highest BCUT2D eigenvalue weighted by molar-refractivity contribution is 5.90. The number of nitrogens with one attached hydrogen (secondary N) is 2. The lowest BCUT2D eigenvalue weighted by Gasteiger charge is -2.30. The van der Waals surface area contributed by atoms with Gasteiger partial charge in [-0.15, -0.1) is 0 Å². The Kier molecular flexibility index (Phi) is 6.69. The molecule has 176 valence electrons. The first-order chi connectivity index (χ1) is 15.7. The monoisotopic (exact) mass is 461 g/mol. The van der Waals surface area contributed by atoms with Gasteiger partial charge in [0.2, 0.25) is 5.95 Å². The van der Waals surface area contributed by atoms with Crippen molar-refractivity contribution in [3.63, 3.8) is 0 Å². The molecule has 0 aliphatic heterocycles. The summed E-state index contributed by atoms with van der Waals surface area (Å²) in [6.45, 7) is -0.0185. The summed E-state index contributed by atoms with van der Waals surface area (Å²) in [5.74, 6) is 0.748. The van der Waals surface area contributed by atoms with E-state index in [1.807, 2.05) is 43.3 Å². The summed E-state index contributed by atoms with van der Waals surface area (Å²) >= 11 is 0. The van der Waals surface area contributed by atoms with Gasteiger partial charge in [-0.05, 0) is 61.6 Å². The van der Waals surface area contributed by atoms with E-state index in [0.29, 0.717) is 5.95 Å². The molecule has 1 fully saturated rings. The molecule has 5 nitrogen and oxygen atoms in total. The van der Waals surface area contributed by atoms with Gasteiger partial charge < -0.3 is 15.5 Å². The summed E-state index contributed by atoms with van der Waals surface area (Å²) in [5, 5.41) is 7.58. The molecule has 0 radical (unpaired) electrons.